The minimum absolute atomic E-state index is 0. The fraction of sp³-hybridized carbons (Fsp3) is 0.588. The Morgan fingerprint density at radius 1 is 1.17 bits per heavy atom. The van der Waals surface area contributed by atoms with Gasteiger partial charge in [0, 0.05) is 18.5 Å². The van der Waals surface area contributed by atoms with Gasteiger partial charge in [-0.25, -0.2) is 0 Å². The first kappa shape index (κ1) is 19.9. The maximum Gasteiger partial charge on any atom is 0.231 e. The highest BCUT2D eigenvalue weighted by atomic mass is 127. The summed E-state index contributed by atoms with van der Waals surface area (Å²) in [6, 6.07) is 6.13. The van der Waals surface area contributed by atoms with E-state index >= 15 is 0 Å². The number of hydrogen-bond acceptors (Lipinski definition) is 3. The van der Waals surface area contributed by atoms with Crippen molar-refractivity contribution < 1.29 is 9.47 Å². The Kier molecular flexibility index (Phi) is 7.94. The number of halogens is 1. The summed E-state index contributed by atoms with van der Waals surface area (Å²) >= 11 is 0. The molecule has 1 aromatic rings. The van der Waals surface area contributed by atoms with E-state index in [4.69, 9.17) is 14.5 Å². The van der Waals surface area contributed by atoms with Gasteiger partial charge >= 0.3 is 0 Å². The molecule has 1 aromatic carbocycles. The number of guanidine groups is 1. The number of ether oxygens (including phenoxy) is 2. The number of fused-ring (bicyclic) bond motifs is 1. The van der Waals surface area contributed by atoms with Gasteiger partial charge in [-0.05, 0) is 31.0 Å². The number of aliphatic imine (C=N–C) groups is 1. The minimum atomic E-state index is -0.0739. The molecular formula is C17H28IN3O2. The molecule has 0 unspecified atom stereocenters. The minimum Gasteiger partial charge on any atom is -0.454 e. The first-order valence-corrected chi connectivity index (χ1v) is 7.99. The van der Waals surface area contributed by atoms with Gasteiger partial charge in [0.1, 0.15) is 0 Å². The van der Waals surface area contributed by atoms with Crippen LogP contribution in [0.4, 0.5) is 0 Å². The molecule has 0 saturated carbocycles. The van der Waals surface area contributed by atoms with Gasteiger partial charge in [-0.1, -0.05) is 26.8 Å². The van der Waals surface area contributed by atoms with E-state index in [1.165, 1.54) is 5.56 Å². The molecule has 0 fully saturated rings. The van der Waals surface area contributed by atoms with Crippen LogP contribution in [0.15, 0.2) is 23.2 Å². The first-order chi connectivity index (χ1) is 10.6. The third-order valence-corrected chi connectivity index (χ3v) is 3.67. The first-order valence-electron chi connectivity index (χ1n) is 7.99. The van der Waals surface area contributed by atoms with Crippen molar-refractivity contribution in [1.29, 1.82) is 0 Å². The molecule has 0 atom stereocenters. The van der Waals surface area contributed by atoms with Gasteiger partial charge in [-0.3, -0.25) is 4.99 Å². The Bertz CT molecular complexity index is 533. The Morgan fingerprint density at radius 3 is 2.61 bits per heavy atom. The predicted molar refractivity (Wildman–Crippen MR) is 105 cm³/mol. The van der Waals surface area contributed by atoms with Crippen LogP contribution < -0.4 is 20.1 Å². The summed E-state index contributed by atoms with van der Waals surface area (Å²) in [5, 5.41) is 6.61. The van der Waals surface area contributed by atoms with Crippen molar-refractivity contribution in [3.8, 4) is 11.5 Å². The highest BCUT2D eigenvalue weighted by Gasteiger charge is 2.24. The van der Waals surface area contributed by atoms with E-state index in [0.717, 1.165) is 37.0 Å². The molecule has 1 aliphatic heterocycles. The van der Waals surface area contributed by atoms with Crippen LogP contribution in [-0.4, -0.2) is 32.4 Å². The van der Waals surface area contributed by atoms with Crippen molar-refractivity contribution >= 4 is 29.9 Å². The largest absolute Gasteiger partial charge is 0.454 e. The molecule has 0 spiro atoms. The molecule has 5 nitrogen and oxygen atoms in total. The highest BCUT2D eigenvalue weighted by Crippen LogP contribution is 2.36. The van der Waals surface area contributed by atoms with Gasteiger partial charge in [0.05, 0.1) is 6.54 Å². The van der Waals surface area contributed by atoms with Crippen LogP contribution in [0.3, 0.4) is 0 Å². The molecule has 0 aliphatic carbocycles. The second-order valence-corrected chi connectivity index (χ2v) is 6.07. The van der Waals surface area contributed by atoms with Gasteiger partial charge in [0.15, 0.2) is 17.5 Å². The van der Waals surface area contributed by atoms with Gasteiger partial charge < -0.3 is 20.1 Å². The Balaban J connectivity index is 0.00000264. The van der Waals surface area contributed by atoms with E-state index in [1.807, 2.05) is 6.07 Å². The SMILES string of the molecule is CCCNC(=NCC(C)(C)c1ccc2c(c1)OCO2)NCC.I. The number of rotatable bonds is 6. The van der Waals surface area contributed by atoms with E-state index in [0.29, 0.717) is 13.3 Å². The predicted octanol–water partition coefficient (Wildman–Crippen LogP) is 3.28. The number of nitrogens with zero attached hydrogens (tertiary/aromatic N) is 1. The fourth-order valence-corrected chi connectivity index (χ4v) is 2.27. The van der Waals surface area contributed by atoms with Crippen molar-refractivity contribution in [2.24, 2.45) is 4.99 Å². The van der Waals surface area contributed by atoms with Gasteiger partial charge in [-0.15, -0.1) is 24.0 Å². The molecule has 2 N–H and O–H groups in total. The summed E-state index contributed by atoms with van der Waals surface area (Å²) in [7, 11) is 0. The van der Waals surface area contributed by atoms with Crippen LogP contribution in [0.2, 0.25) is 0 Å². The van der Waals surface area contributed by atoms with Crippen molar-refractivity contribution in [2.75, 3.05) is 26.4 Å². The van der Waals surface area contributed by atoms with E-state index in [9.17, 15) is 0 Å². The second-order valence-electron chi connectivity index (χ2n) is 6.07. The lowest BCUT2D eigenvalue weighted by Crippen LogP contribution is -2.38. The third kappa shape index (κ3) is 5.44. The molecule has 1 aliphatic rings. The van der Waals surface area contributed by atoms with Crippen LogP contribution in [0.1, 0.15) is 39.7 Å². The summed E-state index contributed by atoms with van der Waals surface area (Å²) < 4.78 is 10.8. The fourth-order valence-electron chi connectivity index (χ4n) is 2.27. The molecule has 1 heterocycles. The van der Waals surface area contributed by atoms with Crippen LogP contribution in [0.5, 0.6) is 11.5 Å². The van der Waals surface area contributed by atoms with Crippen molar-refractivity contribution in [3.63, 3.8) is 0 Å². The zero-order chi connectivity index (χ0) is 16.0. The lowest BCUT2D eigenvalue weighted by atomic mass is 9.84. The number of nitrogens with one attached hydrogen (secondary N) is 2. The van der Waals surface area contributed by atoms with Gasteiger partial charge in [0.2, 0.25) is 6.79 Å². The Labute approximate surface area is 156 Å². The Morgan fingerprint density at radius 2 is 1.91 bits per heavy atom. The number of benzene rings is 1. The molecule has 23 heavy (non-hydrogen) atoms. The van der Waals surface area contributed by atoms with Crippen LogP contribution >= 0.6 is 24.0 Å². The highest BCUT2D eigenvalue weighted by molar-refractivity contribution is 14.0. The normalized spacial score (nSPS) is 13.5. The molecule has 0 saturated heterocycles. The summed E-state index contributed by atoms with van der Waals surface area (Å²) in [5.74, 6) is 2.52. The Hall–Kier alpha value is -1.18. The topological polar surface area (TPSA) is 54.9 Å². The average Bonchev–Trinajstić information content (AvgIpc) is 2.97. The van der Waals surface area contributed by atoms with E-state index in [2.05, 4.69) is 50.5 Å². The zero-order valence-electron chi connectivity index (χ0n) is 14.4. The monoisotopic (exact) mass is 433 g/mol. The maximum absolute atomic E-state index is 5.47. The maximum atomic E-state index is 5.47. The quantitative estimate of drug-likeness (QED) is 0.411. The van der Waals surface area contributed by atoms with E-state index in [-0.39, 0.29) is 29.4 Å². The zero-order valence-corrected chi connectivity index (χ0v) is 16.8. The van der Waals surface area contributed by atoms with Gasteiger partial charge in [0.25, 0.3) is 0 Å². The molecule has 2 rings (SSSR count). The van der Waals surface area contributed by atoms with Gasteiger partial charge in [-0.2, -0.15) is 0 Å². The molecule has 0 radical (unpaired) electrons. The summed E-state index contributed by atoms with van der Waals surface area (Å²) in [6.45, 7) is 11.4. The molecule has 130 valence electrons. The third-order valence-electron chi connectivity index (χ3n) is 3.67. The summed E-state index contributed by atoms with van der Waals surface area (Å²) in [6.07, 6.45) is 1.08. The van der Waals surface area contributed by atoms with E-state index in [1.54, 1.807) is 0 Å². The van der Waals surface area contributed by atoms with Crippen molar-refractivity contribution in [2.45, 2.75) is 39.5 Å². The average molecular weight is 433 g/mol. The number of hydrogen-bond donors (Lipinski definition) is 2. The van der Waals surface area contributed by atoms with Crippen LogP contribution in [0.25, 0.3) is 0 Å². The van der Waals surface area contributed by atoms with Crippen LogP contribution in [0, 0.1) is 0 Å². The van der Waals surface area contributed by atoms with Crippen LogP contribution in [-0.2, 0) is 5.41 Å². The summed E-state index contributed by atoms with van der Waals surface area (Å²) in [4.78, 5) is 4.71. The van der Waals surface area contributed by atoms with Crippen molar-refractivity contribution in [3.05, 3.63) is 23.8 Å². The summed E-state index contributed by atoms with van der Waals surface area (Å²) in [5.41, 5.74) is 1.13. The van der Waals surface area contributed by atoms with Crippen molar-refractivity contribution in [1.82, 2.24) is 10.6 Å². The van der Waals surface area contributed by atoms with E-state index < -0.39 is 0 Å². The molecule has 0 aromatic heterocycles. The second kappa shape index (κ2) is 9.20. The lowest BCUT2D eigenvalue weighted by Gasteiger charge is -2.24. The molecule has 0 amide bonds. The standard InChI is InChI=1S/C17H27N3O2.HI/c1-5-9-19-16(18-6-2)20-11-17(3,4)13-7-8-14-15(10-13)22-12-21-14;/h7-8,10H,5-6,9,11-12H2,1-4H3,(H2,18,19,20);1H. The molecule has 0 bridgehead atoms. The lowest BCUT2D eigenvalue weighted by molar-refractivity contribution is 0.174. The molecule has 6 heteroatoms. The smallest absolute Gasteiger partial charge is 0.231 e. The molecular weight excluding hydrogens is 405 g/mol.